The lowest BCUT2D eigenvalue weighted by atomic mass is 10.2. The Kier molecular flexibility index (Phi) is 5.56. The monoisotopic (exact) mass is 317 g/mol. The molecule has 2 rings (SSSR count). The van der Waals surface area contributed by atoms with Crippen LogP contribution in [0.1, 0.15) is 39.3 Å². The molecule has 0 aromatic carbocycles. The number of carbonyl (C=O) groups is 1. The van der Waals surface area contributed by atoms with Crippen molar-refractivity contribution in [3.63, 3.8) is 0 Å². The molecule has 0 unspecified atom stereocenters. The van der Waals surface area contributed by atoms with Crippen LogP contribution >= 0.6 is 0 Å². The van der Waals surface area contributed by atoms with E-state index in [2.05, 4.69) is 20.7 Å². The van der Waals surface area contributed by atoms with Gasteiger partial charge in [0.1, 0.15) is 5.82 Å². The van der Waals surface area contributed by atoms with Crippen LogP contribution in [0.5, 0.6) is 5.88 Å². The first-order valence-electron chi connectivity index (χ1n) is 7.65. The van der Waals surface area contributed by atoms with Crippen LogP contribution in [0.2, 0.25) is 0 Å². The first kappa shape index (κ1) is 16.8. The van der Waals surface area contributed by atoms with E-state index in [0.29, 0.717) is 18.2 Å². The number of hydrogen-bond donors (Lipinski definition) is 2. The second-order valence-corrected chi connectivity index (χ2v) is 5.73. The number of anilines is 1. The van der Waals surface area contributed by atoms with Gasteiger partial charge in [-0.1, -0.05) is 0 Å². The number of aromatic nitrogens is 3. The van der Waals surface area contributed by atoms with E-state index in [1.165, 1.54) is 0 Å². The van der Waals surface area contributed by atoms with Crippen molar-refractivity contribution in [3.05, 3.63) is 36.2 Å². The van der Waals surface area contributed by atoms with E-state index in [9.17, 15) is 4.79 Å². The summed E-state index contributed by atoms with van der Waals surface area (Å²) in [7, 11) is 0. The number of hydrogen-bond acceptors (Lipinski definition) is 4. The van der Waals surface area contributed by atoms with Crippen LogP contribution in [0.4, 0.5) is 10.6 Å². The minimum atomic E-state index is -0.282. The summed E-state index contributed by atoms with van der Waals surface area (Å²) in [5, 5.41) is 9.78. The molecule has 0 saturated heterocycles. The Labute approximate surface area is 136 Å². The molecule has 2 N–H and O–H groups in total. The number of pyridine rings is 1. The van der Waals surface area contributed by atoms with E-state index in [4.69, 9.17) is 4.74 Å². The van der Waals surface area contributed by atoms with Crippen molar-refractivity contribution in [2.45, 2.75) is 46.4 Å². The fourth-order valence-electron chi connectivity index (χ4n) is 2.03. The molecule has 0 aliphatic heterocycles. The summed E-state index contributed by atoms with van der Waals surface area (Å²) >= 11 is 0. The Morgan fingerprint density at radius 2 is 2.04 bits per heavy atom. The van der Waals surface area contributed by atoms with Crippen molar-refractivity contribution in [2.75, 3.05) is 5.32 Å². The van der Waals surface area contributed by atoms with Gasteiger partial charge in [0.05, 0.1) is 12.3 Å². The van der Waals surface area contributed by atoms with Crippen LogP contribution in [-0.4, -0.2) is 26.9 Å². The second-order valence-electron chi connectivity index (χ2n) is 5.73. The Hall–Kier alpha value is -2.57. The summed E-state index contributed by atoms with van der Waals surface area (Å²) in [6.07, 6.45) is 3.39. The van der Waals surface area contributed by atoms with Crippen LogP contribution in [0, 0.1) is 0 Å². The topological polar surface area (TPSA) is 81.1 Å². The van der Waals surface area contributed by atoms with Gasteiger partial charge in [0.25, 0.3) is 0 Å². The quantitative estimate of drug-likeness (QED) is 0.858. The number of carbonyl (C=O) groups excluding carboxylic acids is 1. The van der Waals surface area contributed by atoms with Crippen LogP contribution < -0.4 is 15.4 Å². The third kappa shape index (κ3) is 4.98. The molecule has 0 aliphatic carbocycles. The summed E-state index contributed by atoms with van der Waals surface area (Å²) in [5.74, 6) is 1.22. The average Bonchev–Trinajstić information content (AvgIpc) is 2.93. The Morgan fingerprint density at radius 3 is 2.74 bits per heavy atom. The summed E-state index contributed by atoms with van der Waals surface area (Å²) in [4.78, 5) is 16.1. The molecular weight excluding hydrogens is 294 g/mol. The van der Waals surface area contributed by atoms with Crippen LogP contribution in [0.25, 0.3) is 0 Å². The zero-order chi connectivity index (χ0) is 16.8. The maximum absolute atomic E-state index is 12.0. The lowest BCUT2D eigenvalue weighted by molar-refractivity contribution is 0.232. The fraction of sp³-hybridized carbons (Fsp3) is 0.438. The van der Waals surface area contributed by atoms with Crippen molar-refractivity contribution in [1.82, 2.24) is 20.1 Å². The predicted molar refractivity (Wildman–Crippen MR) is 88.5 cm³/mol. The van der Waals surface area contributed by atoms with E-state index in [0.717, 1.165) is 5.56 Å². The summed E-state index contributed by atoms with van der Waals surface area (Å²) in [5.41, 5.74) is 0.920. The van der Waals surface area contributed by atoms with E-state index in [1.807, 2.05) is 39.8 Å². The number of rotatable bonds is 6. The first-order valence-corrected chi connectivity index (χ1v) is 7.65. The smallest absolute Gasteiger partial charge is 0.320 e. The van der Waals surface area contributed by atoms with Gasteiger partial charge < -0.3 is 10.1 Å². The Balaban J connectivity index is 1.90. The fourth-order valence-corrected chi connectivity index (χ4v) is 2.03. The molecule has 0 spiro atoms. The lowest BCUT2D eigenvalue weighted by Gasteiger charge is -2.13. The van der Waals surface area contributed by atoms with Crippen LogP contribution in [0.3, 0.4) is 0 Å². The van der Waals surface area contributed by atoms with Crippen molar-refractivity contribution in [1.29, 1.82) is 0 Å². The molecule has 2 aromatic heterocycles. The zero-order valence-electron chi connectivity index (χ0n) is 13.9. The molecule has 7 heteroatoms. The van der Waals surface area contributed by atoms with E-state index in [-0.39, 0.29) is 18.2 Å². The molecule has 7 nitrogen and oxygen atoms in total. The van der Waals surface area contributed by atoms with E-state index in [1.54, 1.807) is 23.1 Å². The molecule has 0 aliphatic rings. The van der Waals surface area contributed by atoms with Gasteiger partial charge in [0.2, 0.25) is 5.88 Å². The zero-order valence-corrected chi connectivity index (χ0v) is 13.9. The van der Waals surface area contributed by atoms with Gasteiger partial charge in [-0.2, -0.15) is 5.10 Å². The molecule has 0 radical (unpaired) electrons. The molecule has 0 saturated carbocycles. The minimum Gasteiger partial charge on any atom is -0.475 e. The van der Waals surface area contributed by atoms with E-state index < -0.39 is 0 Å². The van der Waals surface area contributed by atoms with Gasteiger partial charge in [-0.05, 0) is 39.3 Å². The highest BCUT2D eigenvalue weighted by Crippen LogP contribution is 2.13. The largest absolute Gasteiger partial charge is 0.475 e. The lowest BCUT2D eigenvalue weighted by Crippen LogP contribution is -2.29. The van der Waals surface area contributed by atoms with Crippen molar-refractivity contribution in [2.24, 2.45) is 0 Å². The minimum absolute atomic E-state index is 0.0605. The maximum Gasteiger partial charge on any atom is 0.320 e. The predicted octanol–water partition coefficient (Wildman–Crippen LogP) is 2.97. The summed E-state index contributed by atoms with van der Waals surface area (Å²) < 4.78 is 7.29. The molecule has 23 heavy (non-hydrogen) atoms. The number of nitrogens with one attached hydrogen (secondary N) is 2. The third-order valence-electron chi connectivity index (χ3n) is 3.01. The van der Waals surface area contributed by atoms with Gasteiger partial charge in [0, 0.05) is 30.9 Å². The van der Waals surface area contributed by atoms with Crippen molar-refractivity contribution >= 4 is 11.8 Å². The third-order valence-corrected chi connectivity index (χ3v) is 3.01. The summed E-state index contributed by atoms with van der Waals surface area (Å²) in [6.45, 7) is 8.28. The second kappa shape index (κ2) is 7.62. The van der Waals surface area contributed by atoms with E-state index >= 15 is 0 Å². The van der Waals surface area contributed by atoms with Gasteiger partial charge >= 0.3 is 6.03 Å². The van der Waals surface area contributed by atoms with Gasteiger partial charge in [-0.25, -0.2) is 14.5 Å². The number of amides is 2. The highest BCUT2D eigenvalue weighted by Gasteiger charge is 2.09. The highest BCUT2D eigenvalue weighted by molar-refractivity contribution is 5.88. The Morgan fingerprint density at radius 1 is 1.26 bits per heavy atom. The number of urea groups is 1. The molecule has 2 heterocycles. The standard InChI is InChI=1S/C16H23N5O2/c1-11(2)21-14(6-8-19-21)20-16(22)18-10-13-5-7-17-15(9-13)23-12(3)4/h5-9,11-12H,10H2,1-4H3,(H2,18,20,22). The number of nitrogens with zero attached hydrogens (tertiary/aromatic N) is 3. The molecular formula is C16H23N5O2. The highest BCUT2D eigenvalue weighted by atomic mass is 16.5. The summed E-state index contributed by atoms with van der Waals surface area (Å²) in [6, 6.07) is 5.32. The van der Waals surface area contributed by atoms with Crippen LogP contribution in [0.15, 0.2) is 30.6 Å². The molecule has 2 aromatic rings. The van der Waals surface area contributed by atoms with Gasteiger partial charge in [0.15, 0.2) is 0 Å². The molecule has 0 bridgehead atoms. The molecule has 0 atom stereocenters. The molecule has 2 amide bonds. The molecule has 0 fully saturated rings. The van der Waals surface area contributed by atoms with Crippen molar-refractivity contribution in [3.8, 4) is 5.88 Å². The number of ether oxygens (including phenoxy) is 1. The van der Waals surface area contributed by atoms with Gasteiger partial charge in [-0.15, -0.1) is 0 Å². The van der Waals surface area contributed by atoms with Crippen LogP contribution in [-0.2, 0) is 6.54 Å². The molecule has 124 valence electrons. The SMILES string of the molecule is CC(C)Oc1cc(CNC(=O)Nc2ccnn2C(C)C)ccn1. The maximum atomic E-state index is 12.0. The first-order chi connectivity index (χ1) is 11.0. The van der Waals surface area contributed by atoms with Crippen molar-refractivity contribution < 1.29 is 9.53 Å². The van der Waals surface area contributed by atoms with Gasteiger partial charge in [-0.3, -0.25) is 5.32 Å². The Bertz CT molecular complexity index is 651. The normalized spacial score (nSPS) is 10.9. The average molecular weight is 317 g/mol.